The molecule has 104 valence electrons. The number of nitrogens with one attached hydrogen (secondary N) is 2. The summed E-state index contributed by atoms with van der Waals surface area (Å²) < 4.78 is 5.08. The van der Waals surface area contributed by atoms with Crippen LogP contribution in [0, 0.1) is 0 Å². The van der Waals surface area contributed by atoms with E-state index >= 15 is 0 Å². The summed E-state index contributed by atoms with van der Waals surface area (Å²) in [6.07, 6.45) is 3.47. The Morgan fingerprint density at radius 2 is 2.47 bits per heavy atom. The molecule has 8 nitrogen and oxygen atoms in total. The zero-order chi connectivity index (χ0) is 13.9. The van der Waals surface area contributed by atoms with E-state index in [4.69, 9.17) is 15.6 Å². The molecule has 1 aromatic rings. The van der Waals surface area contributed by atoms with E-state index in [2.05, 4.69) is 15.3 Å². The maximum absolute atomic E-state index is 12.0. The highest BCUT2D eigenvalue weighted by Gasteiger charge is 2.40. The molecule has 5 N–H and O–H groups in total. The molecule has 8 heteroatoms. The summed E-state index contributed by atoms with van der Waals surface area (Å²) in [6, 6.07) is -1.05. The lowest BCUT2D eigenvalue weighted by atomic mass is 9.98. The molecule has 1 aliphatic heterocycles. The standard InChI is InChI=1S/C11H16N4O4/c12-11(1-2-19-5-11)10(18)15-8(9(16)17)3-7-4-13-6-14-7/h4,6,8H,1-3,5,12H2,(H,13,14)(H,15,18)(H,16,17)/t8-,11?/m0/s1. The van der Waals surface area contributed by atoms with Crippen LogP contribution in [0.2, 0.25) is 0 Å². The summed E-state index contributed by atoms with van der Waals surface area (Å²) in [4.78, 5) is 29.8. The van der Waals surface area contributed by atoms with Crippen molar-refractivity contribution in [2.75, 3.05) is 13.2 Å². The van der Waals surface area contributed by atoms with Crippen LogP contribution in [0.25, 0.3) is 0 Å². The lowest BCUT2D eigenvalue weighted by molar-refractivity contribution is -0.142. The van der Waals surface area contributed by atoms with E-state index in [9.17, 15) is 9.59 Å². The average Bonchev–Trinajstić information content (AvgIpc) is 3.00. The average molecular weight is 268 g/mol. The molecule has 0 bridgehead atoms. The number of hydrogen-bond donors (Lipinski definition) is 4. The minimum absolute atomic E-state index is 0.106. The van der Waals surface area contributed by atoms with Crippen molar-refractivity contribution in [2.24, 2.45) is 5.73 Å². The molecule has 0 aromatic carbocycles. The van der Waals surface area contributed by atoms with Gasteiger partial charge in [-0.05, 0) is 6.42 Å². The Morgan fingerprint density at radius 1 is 1.68 bits per heavy atom. The molecular formula is C11H16N4O4. The molecule has 1 aliphatic rings. The third-order valence-electron chi connectivity index (χ3n) is 3.09. The van der Waals surface area contributed by atoms with E-state index in [0.717, 1.165) is 0 Å². The van der Waals surface area contributed by atoms with Gasteiger partial charge in [0.1, 0.15) is 11.6 Å². The van der Waals surface area contributed by atoms with Crippen molar-refractivity contribution in [1.82, 2.24) is 15.3 Å². The molecule has 0 radical (unpaired) electrons. The van der Waals surface area contributed by atoms with Crippen LogP contribution in [0.1, 0.15) is 12.1 Å². The molecule has 2 rings (SSSR count). The number of aromatic nitrogens is 2. The molecule has 0 saturated carbocycles. The van der Waals surface area contributed by atoms with Crippen molar-refractivity contribution in [2.45, 2.75) is 24.4 Å². The van der Waals surface area contributed by atoms with Gasteiger partial charge in [0, 0.05) is 24.9 Å². The predicted molar refractivity (Wildman–Crippen MR) is 64.2 cm³/mol. The van der Waals surface area contributed by atoms with E-state index < -0.39 is 23.5 Å². The minimum Gasteiger partial charge on any atom is -0.480 e. The van der Waals surface area contributed by atoms with Gasteiger partial charge >= 0.3 is 5.97 Å². The number of carboxylic acid groups (broad SMARTS) is 1. The van der Waals surface area contributed by atoms with Crippen LogP contribution < -0.4 is 11.1 Å². The van der Waals surface area contributed by atoms with E-state index in [1.165, 1.54) is 12.5 Å². The summed E-state index contributed by atoms with van der Waals surface area (Å²) in [6.45, 7) is 0.511. The Bertz CT molecular complexity index is 453. The minimum atomic E-state index is -1.14. The first-order valence-corrected chi connectivity index (χ1v) is 5.89. The van der Waals surface area contributed by atoms with Gasteiger partial charge in [-0.25, -0.2) is 9.78 Å². The van der Waals surface area contributed by atoms with Crippen molar-refractivity contribution in [3.05, 3.63) is 18.2 Å². The molecule has 0 spiro atoms. The highest BCUT2D eigenvalue weighted by Crippen LogP contribution is 2.16. The number of H-pyrrole nitrogens is 1. The molecule has 2 atom stereocenters. The number of nitrogens with zero attached hydrogens (tertiary/aromatic N) is 1. The number of aromatic amines is 1. The number of rotatable bonds is 5. The maximum Gasteiger partial charge on any atom is 0.326 e. The summed E-state index contributed by atoms with van der Waals surface area (Å²) >= 11 is 0. The lowest BCUT2D eigenvalue weighted by Gasteiger charge is -2.23. The quantitative estimate of drug-likeness (QED) is 0.521. The normalized spacial score (nSPS) is 24.1. The first-order chi connectivity index (χ1) is 9.01. The fourth-order valence-corrected chi connectivity index (χ4v) is 1.88. The van der Waals surface area contributed by atoms with Gasteiger partial charge < -0.3 is 25.9 Å². The molecule has 1 amide bonds. The van der Waals surface area contributed by atoms with Gasteiger partial charge in [0.2, 0.25) is 5.91 Å². The smallest absolute Gasteiger partial charge is 0.326 e. The molecule has 1 fully saturated rings. The van der Waals surface area contributed by atoms with Gasteiger partial charge in [0.25, 0.3) is 0 Å². The number of nitrogens with two attached hydrogens (primary N) is 1. The summed E-state index contributed by atoms with van der Waals surface area (Å²) in [5.41, 5.74) is 5.36. The first-order valence-electron chi connectivity index (χ1n) is 5.89. The van der Waals surface area contributed by atoms with E-state index in [1.807, 2.05) is 0 Å². The second kappa shape index (κ2) is 5.37. The Labute approximate surface area is 109 Å². The number of carbonyl (C=O) groups excluding carboxylic acids is 1. The molecule has 1 saturated heterocycles. The fourth-order valence-electron chi connectivity index (χ4n) is 1.88. The van der Waals surface area contributed by atoms with Crippen molar-refractivity contribution in [3.63, 3.8) is 0 Å². The van der Waals surface area contributed by atoms with Crippen molar-refractivity contribution < 1.29 is 19.4 Å². The van der Waals surface area contributed by atoms with Crippen LogP contribution in [-0.4, -0.2) is 51.7 Å². The van der Waals surface area contributed by atoms with Crippen LogP contribution in [-0.2, 0) is 20.7 Å². The summed E-state index contributed by atoms with van der Waals surface area (Å²) in [7, 11) is 0. The summed E-state index contributed by atoms with van der Waals surface area (Å²) in [5, 5.41) is 11.6. The van der Waals surface area contributed by atoms with Crippen molar-refractivity contribution in [1.29, 1.82) is 0 Å². The number of aliphatic carboxylic acids is 1. The van der Waals surface area contributed by atoms with Crippen LogP contribution in [0.3, 0.4) is 0 Å². The monoisotopic (exact) mass is 268 g/mol. The van der Waals surface area contributed by atoms with Crippen LogP contribution >= 0.6 is 0 Å². The SMILES string of the molecule is NC1(C(=O)N[C@@H](Cc2cnc[nH]2)C(=O)O)CCOC1. The predicted octanol–water partition coefficient (Wildman–Crippen LogP) is -1.36. The Hall–Kier alpha value is -1.93. The van der Waals surface area contributed by atoms with Gasteiger partial charge in [-0.1, -0.05) is 0 Å². The number of imidazole rings is 1. The second-order valence-corrected chi connectivity index (χ2v) is 4.60. The fraction of sp³-hybridized carbons (Fsp3) is 0.545. The lowest BCUT2D eigenvalue weighted by Crippen LogP contribution is -2.58. The number of ether oxygens (including phenoxy) is 1. The first kappa shape index (κ1) is 13.5. The molecular weight excluding hydrogens is 252 g/mol. The largest absolute Gasteiger partial charge is 0.480 e. The third kappa shape index (κ3) is 3.09. The molecule has 0 aliphatic carbocycles. The zero-order valence-electron chi connectivity index (χ0n) is 10.3. The van der Waals surface area contributed by atoms with Crippen LogP contribution in [0.5, 0.6) is 0 Å². The van der Waals surface area contributed by atoms with Gasteiger partial charge in [-0.15, -0.1) is 0 Å². The van der Waals surface area contributed by atoms with Crippen LogP contribution in [0.4, 0.5) is 0 Å². The Morgan fingerprint density at radius 3 is 3.00 bits per heavy atom. The molecule has 1 unspecified atom stereocenters. The Balaban J connectivity index is 2.00. The number of carboxylic acids is 1. The van der Waals surface area contributed by atoms with Gasteiger partial charge in [0.15, 0.2) is 0 Å². The van der Waals surface area contributed by atoms with Gasteiger partial charge in [-0.3, -0.25) is 4.79 Å². The third-order valence-corrected chi connectivity index (χ3v) is 3.09. The van der Waals surface area contributed by atoms with Crippen molar-refractivity contribution in [3.8, 4) is 0 Å². The number of amides is 1. The van der Waals surface area contributed by atoms with Crippen LogP contribution in [0.15, 0.2) is 12.5 Å². The van der Waals surface area contributed by atoms with Gasteiger partial charge in [-0.2, -0.15) is 0 Å². The molecule has 2 heterocycles. The van der Waals surface area contributed by atoms with Gasteiger partial charge in [0.05, 0.1) is 12.9 Å². The van der Waals surface area contributed by atoms with E-state index in [0.29, 0.717) is 18.7 Å². The number of hydrogen-bond acceptors (Lipinski definition) is 5. The zero-order valence-corrected chi connectivity index (χ0v) is 10.3. The van der Waals surface area contributed by atoms with E-state index in [-0.39, 0.29) is 13.0 Å². The van der Waals surface area contributed by atoms with Crippen molar-refractivity contribution >= 4 is 11.9 Å². The maximum atomic E-state index is 12.0. The second-order valence-electron chi connectivity index (χ2n) is 4.60. The Kier molecular flexibility index (Phi) is 3.82. The molecule has 19 heavy (non-hydrogen) atoms. The number of carbonyl (C=O) groups is 2. The highest BCUT2D eigenvalue weighted by atomic mass is 16.5. The molecule has 1 aromatic heterocycles. The summed E-state index contributed by atoms with van der Waals surface area (Å²) in [5.74, 6) is -1.62. The topological polar surface area (TPSA) is 130 Å². The highest BCUT2D eigenvalue weighted by molar-refractivity contribution is 5.90. The van der Waals surface area contributed by atoms with E-state index in [1.54, 1.807) is 0 Å².